The second-order valence-electron chi connectivity index (χ2n) is 38.9. The van der Waals surface area contributed by atoms with Gasteiger partial charge < -0.3 is 60.1 Å². The molecule has 16 unspecified atom stereocenters. The van der Waals surface area contributed by atoms with Crippen LogP contribution in [-0.4, -0.2) is 171 Å². The van der Waals surface area contributed by atoms with Crippen LogP contribution < -0.4 is 0 Å². The van der Waals surface area contributed by atoms with Gasteiger partial charge in [0, 0.05) is 25.4 Å². The van der Waals surface area contributed by atoms with E-state index in [4.69, 9.17) is 61.6 Å². The van der Waals surface area contributed by atoms with Crippen molar-refractivity contribution in [3.05, 3.63) is 36.5 Å². The predicted molar refractivity (Wildman–Crippen MR) is 418 cm³/mol. The van der Waals surface area contributed by atoms with Gasteiger partial charge in [-0.3, -0.25) is 4.79 Å². The van der Waals surface area contributed by atoms with Gasteiger partial charge in [-0.05, 0) is 190 Å². The van der Waals surface area contributed by atoms with Gasteiger partial charge in [0.25, 0.3) is 0 Å². The van der Waals surface area contributed by atoms with E-state index < -0.39 is 117 Å². The largest absolute Gasteiger partial charge is 0.459 e. The molecule has 7 aliphatic rings. The van der Waals surface area contributed by atoms with E-state index in [1.54, 1.807) is 0 Å². The number of aliphatic hydroxyl groups is 1. The van der Waals surface area contributed by atoms with Crippen molar-refractivity contribution in [2.45, 2.75) is 435 Å². The fourth-order valence-electron chi connectivity index (χ4n) is 14.1. The summed E-state index contributed by atoms with van der Waals surface area (Å²) in [5, 5.41) is 11.6. The minimum absolute atomic E-state index is 0.0347. The van der Waals surface area contributed by atoms with Crippen molar-refractivity contribution in [3.8, 4) is 0 Å². The second kappa shape index (κ2) is 33.3. The third-order valence-electron chi connectivity index (χ3n) is 26.5. The molecule has 19 atom stereocenters. The van der Waals surface area contributed by atoms with E-state index in [2.05, 4.69) is 223 Å². The lowest BCUT2D eigenvalue weighted by molar-refractivity contribution is -0.274. The maximum Gasteiger partial charge on any atom is 0.308 e. The van der Waals surface area contributed by atoms with Crippen LogP contribution in [0.2, 0.25) is 109 Å². The molecule has 98 heavy (non-hydrogen) atoms. The summed E-state index contributed by atoms with van der Waals surface area (Å²) in [6.45, 7) is 78.9. The van der Waals surface area contributed by atoms with Crippen LogP contribution in [0, 0.1) is 11.8 Å². The molecule has 0 aromatic carbocycles. The Morgan fingerprint density at radius 2 is 1.05 bits per heavy atom. The summed E-state index contributed by atoms with van der Waals surface area (Å²) in [4.78, 5) is 15.5. The first kappa shape index (κ1) is 86.4. The highest BCUT2D eigenvalue weighted by atomic mass is 28.4. The summed E-state index contributed by atoms with van der Waals surface area (Å²) in [6.07, 6.45) is 5.86. The molecular weight excluding hydrogens is 1330 g/mol. The molecule has 0 spiro atoms. The number of fused-ring (bicyclic) bond motifs is 16. The summed E-state index contributed by atoms with van der Waals surface area (Å²) in [5.41, 5.74) is 2.05. The van der Waals surface area contributed by atoms with Gasteiger partial charge in [-0.1, -0.05) is 164 Å². The summed E-state index contributed by atoms with van der Waals surface area (Å²) in [5.74, 6) is -0.713. The average Bonchev–Trinajstić information content (AvgIpc) is 0.868. The highest BCUT2D eigenvalue weighted by Gasteiger charge is 2.60. The Kier molecular flexibility index (Phi) is 29.4. The SMILES string of the molecule is C=C1CC2CCC/C=C/C(O[Si](C)(C)C(C)(C)C)C3O[C@H]4CCC(CC(=O)OC5[C@@H](C)C6OC(CCO[Si](C)(C)C(C)(C)C)C(O[Si](C)(C)C(C)(C)C)CC6O[C@H]5CC(O[Si](CC)(CC)CC)C(=C)C(C)CC(O)CCC1O2)OC4C(O[Si](C)(C)C(C)(C)C)C3O[Si](C)(C)C(C)(C)C. The van der Waals surface area contributed by atoms with Crippen LogP contribution in [0.25, 0.3) is 0 Å². The minimum Gasteiger partial charge on any atom is -0.459 e. The molecule has 0 saturated carbocycles. The predicted octanol–water partition coefficient (Wildman–Crippen LogP) is 20.1. The molecule has 0 aromatic rings. The summed E-state index contributed by atoms with van der Waals surface area (Å²) >= 11 is 0. The van der Waals surface area contributed by atoms with Crippen LogP contribution in [-0.2, 0) is 59.8 Å². The lowest BCUT2D eigenvalue weighted by atomic mass is 9.80. The van der Waals surface area contributed by atoms with Gasteiger partial charge in [0.2, 0.25) is 0 Å². The van der Waals surface area contributed by atoms with Crippen LogP contribution in [0.5, 0.6) is 0 Å². The van der Waals surface area contributed by atoms with Crippen LogP contribution in [0.1, 0.15) is 222 Å². The van der Waals surface area contributed by atoms with E-state index in [0.717, 1.165) is 55.0 Å². The number of hydrogen-bond acceptors (Lipinski definition) is 14. The van der Waals surface area contributed by atoms with E-state index >= 15 is 4.79 Å². The van der Waals surface area contributed by atoms with Crippen molar-refractivity contribution >= 4 is 55.9 Å². The van der Waals surface area contributed by atoms with Crippen LogP contribution in [0.3, 0.4) is 0 Å². The molecule has 0 aromatic heterocycles. The third kappa shape index (κ3) is 21.4. The van der Waals surface area contributed by atoms with Gasteiger partial charge in [0.05, 0.1) is 79.7 Å². The first-order chi connectivity index (χ1) is 44.7. The first-order valence-electron chi connectivity index (χ1n) is 38.9. The smallest absolute Gasteiger partial charge is 0.308 e. The molecule has 20 heteroatoms. The molecule has 7 rings (SSSR count). The van der Waals surface area contributed by atoms with E-state index in [9.17, 15) is 5.11 Å². The zero-order valence-corrected chi connectivity index (χ0v) is 74.3. The molecule has 5 saturated heterocycles. The van der Waals surface area contributed by atoms with Gasteiger partial charge in [0.1, 0.15) is 30.5 Å². The number of carbonyl (C=O) groups is 1. The zero-order valence-electron chi connectivity index (χ0n) is 68.3. The lowest BCUT2D eigenvalue weighted by Crippen LogP contribution is -2.69. The highest BCUT2D eigenvalue weighted by molar-refractivity contribution is 6.76. The minimum atomic E-state index is -2.58. The zero-order chi connectivity index (χ0) is 74.1. The second-order valence-corrected chi connectivity index (χ2v) is 67.4. The quantitative estimate of drug-likeness (QED) is 0.0836. The van der Waals surface area contributed by atoms with Crippen LogP contribution in [0.15, 0.2) is 36.5 Å². The Balaban J connectivity index is 1.49. The van der Waals surface area contributed by atoms with Crippen molar-refractivity contribution in [2.24, 2.45) is 11.8 Å². The fraction of sp³-hybridized carbons (Fsp3) is 0.910. The molecule has 570 valence electrons. The first-order valence-corrected chi connectivity index (χ1v) is 56.0. The molecule has 0 amide bonds. The Labute approximate surface area is 606 Å². The average molecular weight is 1480 g/mol. The molecule has 0 radical (unpaired) electrons. The number of rotatable bonds is 17. The molecular formula is C78H150O14Si6. The number of ether oxygens (including phenoxy) is 6. The maximum absolute atomic E-state index is 15.5. The van der Waals surface area contributed by atoms with Gasteiger partial charge in [-0.2, -0.15) is 0 Å². The van der Waals surface area contributed by atoms with Crippen molar-refractivity contribution < 1.29 is 64.9 Å². The Morgan fingerprint density at radius 1 is 0.531 bits per heavy atom. The van der Waals surface area contributed by atoms with E-state index in [0.29, 0.717) is 58.0 Å². The molecule has 1 N–H and O–H groups in total. The van der Waals surface area contributed by atoms with Gasteiger partial charge in [-0.25, -0.2) is 0 Å². The number of allylic oxidation sites excluding steroid dienone is 1. The van der Waals surface area contributed by atoms with Crippen LogP contribution >= 0.6 is 0 Å². The monoisotopic (exact) mass is 1480 g/mol. The maximum atomic E-state index is 15.5. The number of hydrogen-bond donors (Lipinski definition) is 1. The summed E-state index contributed by atoms with van der Waals surface area (Å²) in [7, 11) is -14.4. The normalized spacial score (nSPS) is 34.8. The third-order valence-corrected chi connectivity index (χ3v) is 53.6. The summed E-state index contributed by atoms with van der Waals surface area (Å²) < 4.78 is 89.5. The lowest BCUT2D eigenvalue weighted by Gasteiger charge is -2.56. The molecule has 5 fully saturated rings. The van der Waals surface area contributed by atoms with Crippen molar-refractivity contribution in [1.29, 1.82) is 0 Å². The van der Waals surface area contributed by atoms with Crippen molar-refractivity contribution in [2.75, 3.05) is 6.61 Å². The summed E-state index contributed by atoms with van der Waals surface area (Å²) in [6, 6.07) is 2.84. The van der Waals surface area contributed by atoms with E-state index in [1.165, 1.54) is 0 Å². The Bertz CT molecular complexity index is 2600. The molecule has 14 nitrogen and oxygen atoms in total. The Hall–Kier alpha value is -0.489. The van der Waals surface area contributed by atoms with E-state index in [1.807, 2.05) is 0 Å². The van der Waals surface area contributed by atoms with E-state index in [-0.39, 0.29) is 86.0 Å². The topological polar surface area (TPSA) is 148 Å². The van der Waals surface area contributed by atoms with Gasteiger partial charge in [-0.15, -0.1) is 0 Å². The molecule has 0 aliphatic carbocycles. The Morgan fingerprint density at radius 3 is 1.60 bits per heavy atom. The van der Waals surface area contributed by atoms with Gasteiger partial charge >= 0.3 is 5.97 Å². The molecule has 6 bridgehead atoms. The van der Waals surface area contributed by atoms with Crippen molar-refractivity contribution in [1.82, 2.24) is 0 Å². The van der Waals surface area contributed by atoms with Crippen molar-refractivity contribution in [3.63, 3.8) is 0 Å². The fourth-order valence-corrected chi connectivity index (χ4v) is 23.3. The standard InChI is InChI=1S/C78H150O14Si6/c1-33-98(34-2,35-3)90-63-50-65-69(55(7)68-66(84-65)51-64(89-95(27,28)76(14,15)16)60(85-68)45-46-81-93(23,24)74(8,9)10)87-67(80)49-58-42-44-61-70(83-58)72(91-96(29,30)77(17,18)19)73(92-97(31,32)78(20,21)22)71(86-61)62(88-94(25,26)75(11,12)13)40-38-36-37-39-57-48-53(5)59(82-57)43-41-56(79)47-52(4)54(63)6/h38,40,52,55-66,68-73,79H,5-6,33-37,39,41-51H2,1-4,7-32H3/b40-38+/t52?,55-,56?,57?,58?,59?,60?,61-,62?,63?,64?,65-,66?,68?,69?,70?,71?,72?,73?/m0/s1. The molecule has 7 heterocycles. The van der Waals surface area contributed by atoms with Crippen LogP contribution in [0.4, 0.5) is 0 Å². The highest BCUT2D eigenvalue weighted by Crippen LogP contribution is 2.50. The van der Waals surface area contributed by atoms with Gasteiger partial charge in [0.15, 0.2) is 49.9 Å². The number of esters is 1. The number of aliphatic hydroxyl groups excluding tert-OH is 1. The number of carbonyl (C=O) groups excluding carboxylic acids is 1. The molecule has 7 aliphatic heterocycles.